The number of hydrogen-bond acceptors (Lipinski definition) is 4. The molecule has 4 nitrogen and oxygen atoms in total. The Morgan fingerprint density at radius 3 is 2.43 bits per heavy atom. The molecule has 1 aliphatic heterocycles. The summed E-state index contributed by atoms with van der Waals surface area (Å²) in [5.74, 6) is 2.24. The van der Waals surface area contributed by atoms with Gasteiger partial charge in [0.2, 0.25) is 0 Å². The molecule has 1 heterocycles. The van der Waals surface area contributed by atoms with Gasteiger partial charge >= 0.3 is 0 Å². The molecular formula is C18H20ClNO3. The Labute approximate surface area is 141 Å². The molecule has 2 aromatic carbocycles. The first kappa shape index (κ1) is 16.0. The van der Waals surface area contributed by atoms with Gasteiger partial charge in [0.1, 0.15) is 17.2 Å². The third kappa shape index (κ3) is 2.96. The van der Waals surface area contributed by atoms with E-state index in [0.29, 0.717) is 10.8 Å². The van der Waals surface area contributed by atoms with E-state index in [2.05, 4.69) is 17.4 Å². The highest BCUT2D eigenvalue weighted by molar-refractivity contribution is 6.32. The standard InChI is InChI=1S/C18H20ClNO3/c1-21-12-4-5-13-11(8-12)6-7-20-18(13)14-9-15(19)17(23-3)10-16(14)22-2/h4-5,8-10,18,20H,6-7H2,1-3H3. The summed E-state index contributed by atoms with van der Waals surface area (Å²) in [6.07, 6.45) is 0.967. The lowest BCUT2D eigenvalue weighted by atomic mass is 9.89. The molecule has 5 heteroatoms. The van der Waals surface area contributed by atoms with Crippen molar-refractivity contribution in [1.82, 2.24) is 5.32 Å². The van der Waals surface area contributed by atoms with E-state index in [4.69, 9.17) is 25.8 Å². The fraction of sp³-hybridized carbons (Fsp3) is 0.333. The van der Waals surface area contributed by atoms with Gasteiger partial charge in [-0.3, -0.25) is 0 Å². The molecule has 0 aromatic heterocycles. The van der Waals surface area contributed by atoms with Crippen molar-refractivity contribution < 1.29 is 14.2 Å². The third-order valence-corrected chi connectivity index (χ3v) is 4.51. The summed E-state index contributed by atoms with van der Waals surface area (Å²) in [6.45, 7) is 0.887. The van der Waals surface area contributed by atoms with Crippen molar-refractivity contribution in [1.29, 1.82) is 0 Å². The van der Waals surface area contributed by atoms with E-state index >= 15 is 0 Å². The first-order chi connectivity index (χ1) is 11.2. The smallest absolute Gasteiger partial charge is 0.141 e. The zero-order valence-corrected chi connectivity index (χ0v) is 14.2. The highest BCUT2D eigenvalue weighted by Crippen LogP contribution is 2.40. The molecule has 3 rings (SSSR count). The molecule has 0 bridgehead atoms. The number of nitrogens with one attached hydrogen (secondary N) is 1. The van der Waals surface area contributed by atoms with Crippen LogP contribution in [0.1, 0.15) is 22.7 Å². The highest BCUT2D eigenvalue weighted by Gasteiger charge is 2.25. The molecule has 1 N–H and O–H groups in total. The summed E-state index contributed by atoms with van der Waals surface area (Å²) in [5, 5.41) is 4.12. The maximum atomic E-state index is 6.32. The minimum atomic E-state index is 0.0306. The molecular weight excluding hydrogens is 314 g/mol. The Bertz CT molecular complexity index is 718. The van der Waals surface area contributed by atoms with Crippen LogP contribution in [0, 0.1) is 0 Å². The lowest BCUT2D eigenvalue weighted by Crippen LogP contribution is -2.30. The van der Waals surface area contributed by atoms with Crippen LogP contribution in [0.15, 0.2) is 30.3 Å². The Balaban J connectivity index is 2.09. The van der Waals surface area contributed by atoms with Crippen LogP contribution in [0.4, 0.5) is 0 Å². The number of fused-ring (bicyclic) bond motifs is 1. The van der Waals surface area contributed by atoms with Crippen molar-refractivity contribution >= 4 is 11.6 Å². The molecule has 0 saturated carbocycles. The van der Waals surface area contributed by atoms with E-state index in [-0.39, 0.29) is 6.04 Å². The van der Waals surface area contributed by atoms with Gasteiger partial charge in [-0.05, 0) is 35.7 Å². The minimum absolute atomic E-state index is 0.0306. The van der Waals surface area contributed by atoms with E-state index in [1.165, 1.54) is 11.1 Å². The van der Waals surface area contributed by atoms with Crippen LogP contribution in [0.3, 0.4) is 0 Å². The van der Waals surface area contributed by atoms with E-state index in [0.717, 1.165) is 30.0 Å². The van der Waals surface area contributed by atoms with Crippen LogP contribution < -0.4 is 19.5 Å². The SMILES string of the molecule is COc1ccc2c(c1)CCNC2c1cc(Cl)c(OC)cc1OC. The lowest BCUT2D eigenvalue weighted by Gasteiger charge is -2.29. The number of ether oxygens (including phenoxy) is 3. The van der Waals surface area contributed by atoms with Crippen molar-refractivity contribution in [2.24, 2.45) is 0 Å². The van der Waals surface area contributed by atoms with Gasteiger partial charge in [-0.2, -0.15) is 0 Å². The predicted molar refractivity (Wildman–Crippen MR) is 91.1 cm³/mol. The number of rotatable bonds is 4. The third-order valence-electron chi connectivity index (χ3n) is 4.22. The van der Waals surface area contributed by atoms with Crippen molar-refractivity contribution in [3.05, 3.63) is 52.0 Å². The van der Waals surface area contributed by atoms with Crippen LogP contribution in [0.2, 0.25) is 5.02 Å². The lowest BCUT2D eigenvalue weighted by molar-refractivity contribution is 0.386. The van der Waals surface area contributed by atoms with Crippen LogP contribution >= 0.6 is 11.6 Å². The van der Waals surface area contributed by atoms with E-state index in [9.17, 15) is 0 Å². The van der Waals surface area contributed by atoms with Gasteiger partial charge in [0.25, 0.3) is 0 Å². The maximum Gasteiger partial charge on any atom is 0.141 e. The van der Waals surface area contributed by atoms with Gasteiger partial charge in [0.05, 0.1) is 32.4 Å². The quantitative estimate of drug-likeness (QED) is 0.928. The van der Waals surface area contributed by atoms with E-state index < -0.39 is 0 Å². The predicted octanol–water partition coefficient (Wildman–Crippen LogP) is 3.60. The number of hydrogen-bond donors (Lipinski definition) is 1. The summed E-state index contributed by atoms with van der Waals surface area (Å²) in [4.78, 5) is 0. The molecule has 2 aromatic rings. The zero-order valence-electron chi connectivity index (χ0n) is 13.5. The minimum Gasteiger partial charge on any atom is -0.497 e. The maximum absolute atomic E-state index is 6.32. The van der Waals surface area contributed by atoms with Gasteiger partial charge in [-0.1, -0.05) is 17.7 Å². The second kappa shape index (κ2) is 6.69. The number of methoxy groups -OCH3 is 3. The average molecular weight is 334 g/mol. The van der Waals surface area contributed by atoms with Crippen LogP contribution in [-0.2, 0) is 6.42 Å². The van der Waals surface area contributed by atoms with Crippen molar-refractivity contribution in [2.75, 3.05) is 27.9 Å². The summed E-state index contributed by atoms with van der Waals surface area (Å²) in [5.41, 5.74) is 3.50. The Hall–Kier alpha value is -1.91. The molecule has 0 saturated heterocycles. The largest absolute Gasteiger partial charge is 0.497 e. The number of halogens is 1. The van der Waals surface area contributed by atoms with Crippen LogP contribution in [-0.4, -0.2) is 27.9 Å². The molecule has 122 valence electrons. The van der Waals surface area contributed by atoms with Crippen LogP contribution in [0.5, 0.6) is 17.2 Å². The summed E-state index contributed by atoms with van der Waals surface area (Å²) >= 11 is 6.32. The van der Waals surface area contributed by atoms with E-state index in [1.54, 1.807) is 21.3 Å². The Morgan fingerprint density at radius 1 is 0.957 bits per heavy atom. The van der Waals surface area contributed by atoms with Gasteiger partial charge in [-0.25, -0.2) is 0 Å². The molecule has 23 heavy (non-hydrogen) atoms. The molecule has 0 amide bonds. The fourth-order valence-corrected chi connectivity index (χ4v) is 3.30. The first-order valence-corrected chi connectivity index (χ1v) is 7.87. The Kier molecular flexibility index (Phi) is 4.64. The van der Waals surface area contributed by atoms with E-state index in [1.807, 2.05) is 18.2 Å². The van der Waals surface area contributed by atoms with Crippen LogP contribution in [0.25, 0.3) is 0 Å². The highest BCUT2D eigenvalue weighted by atomic mass is 35.5. The average Bonchev–Trinajstić information content (AvgIpc) is 2.60. The van der Waals surface area contributed by atoms with Gasteiger partial charge < -0.3 is 19.5 Å². The van der Waals surface area contributed by atoms with Gasteiger partial charge in [0.15, 0.2) is 0 Å². The summed E-state index contributed by atoms with van der Waals surface area (Å²) in [6, 6.07) is 9.95. The van der Waals surface area contributed by atoms with Crippen molar-refractivity contribution in [3.8, 4) is 17.2 Å². The second-order valence-electron chi connectivity index (χ2n) is 5.43. The molecule has 1 unspecified atom stereocenters. The molecule has 0 spiro atoms. The van der Waals surface area contributed by atoms with Crippen molar-refractivity contribution in [3.63, 3.8) is 0 Å². The topological polar surface area (TPSA) is 39.7 Å². The first-order valence-electron chi connectivity index (χ1n) is 7.49. The second-order valence-corrected chi connectivity index (χ2v) is 5.84. The summed E-state index contributed by atoms with van der Waals surface area (Å²) in [7, 11) is 4.94. The van der Waals surface area contributed by atoms with Gasteiger partial charge in [0, 0.05) is 18.2 Å². The molecule has 1 aliphatic rings. The molecule has 1 atom stereocenters. The number of benzene rings is 2. The molecule has 0 radical (unpaired) electrons. The normalized spacial score (nSPS) is 16.6. The van der Waals surface area contributed by atoms with Crippen molar-refractivity contribution in [2.45, 2.75) is 12.5 Å². The molecule has 0 aliphatic carbocycles. The summed E-state index contributed by atoms with van der Waals surface area (Å²) < 4.78 is 16.2. The monoisotopic (exact) mass is 333 g/mol. The zero-order chi connectivity index (χ0) is 16.4. The van der Waals surface area contributed by atoms with Gasteiger partial charge in [-0.15, -0.1) is 0 Å². The Morgan fingerprint density at radius 2 is 1.74 bits per heavy atom. The molecule has 0 fully saturated rings. The fourth-order valence-electron chi connectivity index (χ4n) is 3.05.